The lowest BCUT2D eigenvalue weighted by Gasteiger charge is -2.26. The molecule has 0 aromatic rings. The second-order valence-corrected chi connectivity index (χ2v) is 5.07. The zero-order valence-corrected chi connectivity index (χ0v) is 11.4. The van der Waals surface area contributed by atoms with E-state index in [1.54, 1.807) is 0 Å². The quantitative estimate of drug-likeness (QED) is 0.823. The largest absolute Gasteiger partial charge is 0.347 e. The Morgan fingerprint density at radius 2 is 2.11 bits per heavy atom. The van der Waals surface area contributed by atoms with E-state index >= 15 is 0 Å². The van der Waals surface area contributed by atoms with Gasteiger partial charge in [0, 0.05) is 24.6 Å². The smallest absolute Gasteiger partial charge is 0.229 e. The predicted molar refractivity (Wildman–Crippen MR) is 69.2 cm³/mol. The molecule has 1 fully saturated rings. The number of ketones is 1. The van der Waals surface area contributed by atoms with Gasteiger partial charge in [-0.3, -0.25) is 9.59 Å². The van der Waals surface area contributed by atoms with Crippen LogP contribution in [-0.4, -0.2) is 30.7 Å². The first-order valence-electron chi connectivity index (χ1n) is 6.95. The Kier molecular flexibility index (Phi) is 4.71. The summed E-state index contributed by atoms with van der Waals surface area (Å²) in [7, 11) is 0. The van der Waals surface area contributed by atoms with Crippen LogP contribution in [0.2, 0.25) is 0 Å². The van der Waals surface area contributed by atoms with E-state index in [0.717, 1.165) is 19.3 Å². The van der Waals surface area contributed by atoms with Crippen LogP contribution in [0.15, 0.2) is 11.8 Å². The maximum absolute atomic E-state index is 12.0. The molecule has 2 rings (SSSR count). The van der Waals surface area contributed by atoms with Gasteiger partial charge in [-0.05, 0) is 12.8 Å². The van der Waals surface area contributed by atoms with Gasteiger partial charge < -0.3 is 14.8 Å². The molecule has 1 aliphatic carbocycles. The van der Waals surface area contributed by atoms with Crippen molar-refractivity contribution in [2.75, 3.05) is 13.2 Å². The summed E-state index contributed by atoms with van der Waals surface area (Å²) >= 11 is 0. The highest BCUT2D eigenvalue weighted by Crippen LogP contribution is 2.28. The van der Waals surface area contributed by atoms with Crippen LogP contribution in [0.3, 0.4) is 0 Å². The number of allylic oxidation sites excluding steroid dienone is 2. The average Bonchev–Trinajstić information content (AvgIpc) is 2.77. The third-order valence-electron chi connectivity index (χ3n) is 3.38. The lowest BCUT2D eigenvalue weighted by atomic mass is 10.0. The van der Waals surface area contributed by atoms with Crippen LogP contribution in [0.5, 0.6) is 0 Å². The number of ether oxygens (including phenoxy) is 2. The Labute approximate surface area is 113 Å². The van der Waals surface area contributed by atoms with Crippen molar-refractivity contribution in [3.63, 3.8) is 0 Å². The zero-order valence-electron chi connectivity index (χ0n) is 11.4. The molecule has 0 aromatic heterocycles. The molecule has 0 bridgehead atoms. The predicted octanol–water partition coefficient (Wildman–Crippen LogP) is 1.67. The SMILES string of the molecule is CCCC1(CC(=O)NC2=CC(=O)CCC2)OCCO1. The molecule has 0 unspecified atom stereocenters. The number of nitrogens with one attached hydrogen (secondary N) is 1. The summed E-state index contributed by atoms with van der Waals surface area (Å²) in [4.78, 5) is 23.3. The van der Waals surface area contributed by atoms with E-state index in [1.165, 1.54) is 6.08 Å². The lowest BCUT2D eigenvalue weighted by molar-refractivity contribution is -0.173. The molecule has 19 heavy (non-hydrogen) atoms. The van der Waals surface area contributed by atoms with Gasteiger partial charge in [-0.15, -0.1) is 0 Å². The van der Waals surface area contributed by atoms with Crippen LogP contribution in [0.1, 0.15) is 45.4 Å². The Balaban J connectivity index is 1.91. The van der Waals surface area contributed by atoms with Crippen LogP contribution in [0.25, 0.3) is 0 Å². The summed E-state index contributed by atoms with van der Waals surface area (Å²) in [6.07, 6.45) is 5.45. The Bertz CT molecular complexity index is 383. The molecule has 5 nitrogen and oxygen atoms in total. The summed E-state index contributed by atoms with van der Waals surface area (Å²) in [5.74, 6) is -0.826. The fourth-order valence-corrected chi connectivity index (χ4v) is 2.57. The summed E-state index contributed by atoms with van der Waals surface area (Å²) in [5.41, 5.74) is 0.714. The number of amides is 1. The van der Waals surface area contributed by atoms with Crippen molar-refractivity contribution in [1.82, 2.24) is 5.32 Å². The van der Waals surface area contributed by atoms with E-state index in [4.69, 9.17) is 9.47 Å². The van der Waals surface area contributed by atoms with Crippen molar-refractivity contribution in [3.05, 3.63) is 11.8 Å². The molecule has 0 saturated carbocycles. The second kappa shape index (κ2) is 6.30. The summed E-state index contributed by atoms with van der Waals surface area (Å²) in [5, 5.41) is 2.80. The molecule has 0 aromatic carbocycles. The molecule has 0 atom stereocenters. The number of hydrogen-bond acceptors (Lipinski definition) is 4. The van der Waals surface area contributed by atoms with Crippen LogP contribution in [0.4, 0.5) is 0 Å². The summed E-state index contributed by atoms with van der Waals surface area (Å²) < 4.78 is 11.2. The molecule has 106 valence electrons. The third-order valence-corrected chi connectivity index (χ3v) is 3.38. The zero-order chi connectivity index (χ0) is 13.7. The maximum Gasteiger partial charge on any atom is 0.229 e. The molecule has 1 aliphatic heterocycles. The van der Waals surface area contributed by atoms with Gasteiger partial charge in [0.15, 0.2) is 11.6 Å². The first-order valence-corrected chi connectivity index (χ1v) is 6.95. The molecule has 1 saturated heterocycles. The molecule has 1 N–H and O–H groups in total. The monoisotopic (exact) mass is 267 g/mol. The van der Waals surface area contributed by atoms with E-state index in [0.29, 0.717) is 31.8 Å². The van der Waals surface area contributed by atoms with Gasteiger partial charge in [-0.25, -0.2) is 0 Å². The van der Waals surface area contributed by atoms with Gasteiger partial charge in [0.2, 0.25) is 5.91 Å². The van der Waals surface area contributed by atoms with Gasteiger partial charge in [0.25, 0.3) is 0 Å². The van der Waals surface area contributed by atoms with Crippen LogP contribution >= 0.6 is 0 Å². The van der Waals surface area contributed by atoms with E-state index < -0.39 is 5.79 Å². The fourth-order valence-electron chi connectivity index (χ4n) is 2.57. The second-order valence-electron chi connectivity index (χ2n) is 5.07. The Morgan fingerprint density at radius 1 is 1.37 bits per heavy atom. The van der Waals surface area contributed by atoms with Gasteiger partial charge in [-0.1, -0.05) is 13.3 Å². The Morgan fingerprint density at radius 3 is 2.74 bits per heavy atom. The van der Waals surface area contributed by atoms with Gasteiger partial charge >= 0.3 is 0 Å². The van der Waals surface area contributed by atoms with Crippen LogP contribution < -0.4 is 5.32 Å². The maximum atomic E-state index is 12.0. The average molecular weight is 267 g/mol. The molecule has 5 heteroatoms. The number of carbonyl (C=O) groups excluding carboxylic acids is 2. The highest BCUT2D eigenvalue weighted by molar-refractivity contribution is 5.92. The Hall–Kier alpha value is -1.20. The number of rotatable bonds is 5. The molecule has 0 spiro atoms. The molecular formula is C14H21NO4. The van der Waals surface area contributed by atoms with E-state index in [2.05, 4.69) is 5.32 Å². The molecule has 1 amide bonds. The van der Waals surface area contributed by atoms with Crippen molar-refractivity contribution in [2.24, 2.45) is 0 Å². The summed E-state index contributed by atoms with van der Waals surface area (Å²) in [6.45, 7) is 3.11. The van der Waals surface area contributed by atoms with E-state index in [1.807, 2.05) is 6.92 Å². The van der Waals surface area contributed by atoms with Crippen molar-refractivity contribution in [2.45, 2.75) is 51.2 Å². The topological polar surface area (TPSA) is 64.6 Å². The highest BCUT2D eigenvalue weighted by Gasteiger charge is 2.38. The minimum Gasteiger partial charge on any atom is -0.347 e. The molecule has 1 heterocycles. The molecule has 0 radical (unpaired) electrons. The van der Waals surface area contributed by atoms with E-state index in [9.17, 15) is 9.59 Å². The third kappa shape index (κ3) is 3.88. The standard InChI is InChI=1S/C14H21NO4/c1-2-6-14(18-7-8-19-14)10-13(17)15-11-4-3-5-12(16)9-11/h9H,2-8,10H2,1H3,(H,15,17). The van der Waals surface area contributed by atoms with Gasteiger partial charge in [-0.2, -0.15) is 0 Å². The highest BCUT2D eigenvalue weighted by atomic mass is 16.7. The van der Waals surface area contributed by atoms with Gasteiger partial charge in [0.05, 0.1) is 19.6 Å². The number of hydrogen-bond donors (Lipinski definition) is 1. The first kappa shape index (κ1) is 14.2. The molecular weight excluding hydrogens is 246 g/mol. The lowest BCUT2D eigenvalue weighted by Crippen LogP contribution is -2.38. The van der Waals surface area contributed by atoms with E-state index in [-0.39, 0.29) is 18.1 Å². The minimum absolute atomic E-state index is 0.0817. The van der Waals surface area contributed by atoms with Crippen molar-refractivity contribution in [1.29, 1.82) is 0 Å². The number of carbonyl (C=O) groups is 2. The fraction of sp³-hybridized carbons (Fsp3) is 0.714. The summed E-state index contributed by atoms with van der Waals surface area (Å²) in [6, 6.07) is 0. The van der Waals surface area contributed by atoms with Crippen LogP contribution in [-0.2, 0) is 19.1 Å². The molecule has 2 aliphatic rings. The normalized spacial score (nSPS) is 22.2. The van der Waals surface area contributed by atoms with Crippen molar-refractivity contribution < 1.29 is 19.1 Å². The van der Waals surface area contributed by atoms with Gasteiger partial charge in [0.1, 0.15) is 0 Å². The van der Waals surface area contributed by atoms with Crippen molar-refractivity contribution >= 4 is 11.7 Å². The van der Waals surface area contributed by atoms with Crippen LogP contribution in [0, 0.1) is 0 Å². The van der Waals surface area contributed by atoms with Crippen molar-refractivity contribution in [3.8, 4) is 0 Å². The minimum atomic E-state index is -0.766. The first-order chi connectivity index (χ1) is 9.13.